The minimum atomic E-state index is 0.152. The maximum atomic E-state index is 11.9. The van der Waals surface area contributed by atoms with E-state index in [1.807, 2.05) is 12.1 Å². The first-order valence-corrected chi connectivity index (χ1v) is 6.40. The molecule has 0 saturated heterocycles. The summed E-state index contributed by atoms with van der Waals surface area (Å²) in [5.74, 6) is 1.25. The van der Waals surface area contributed by atoms with E-state index in [1.54, 1.807) is 0 Å². The number of hydrogen-bond acceptors (Lipinski definition) is 2. The van der Waals surface area contributed by atoms with Gasteiger partial charge in [-0.2, -0.15) is 0 Å². The van der Waals surface area contributed by atoms with Crippen LogP contribution < -0.4 is 10.1 Å². The zero-order valence-corrected chi connectivity index (χ0v) is 9.87. The molecule has 1 heterocycles. The molecule has 3 rings (SSSR count). The third-order valence-corrected chi connectivity index (χ3v) is 3.67. The molecule has 90 valence electrons. The molecule has 0 unspecified atom stereocenters. The summed E-state index contributed by atoms with van der Waals surface area (Å²) < 4.78 is 5.67. The van der Waals surface area contributed by atoms with Crippen LogP contribution in [-0.4, -0.2) is 12.5 Å². The number of fused-ring (bicyclic) bond motifs is 1. The van der Waals surface area contributed by atoms with Gasteiger partial charge in [0.25, 0.3) is 0 Å². The van der Waals surface area contributed by atoms with Crippen molar-refractivity contribution in [1.29, 1.82) is 0 Å². The lowest BCUT2D eigenvalue weighted by molar-refractivity contribution is -0.122. The molecule has 1 N–H and O–H groups in total. The number of carbonyl (C=O) groups is 1. The third kappa shape index (κ3) is 2.02. The second kappa shape index (κ2) is 4.40. The summed E-state index contributed by atoms with van der Waals surface area (Å²) in [5, 5.41) is 3.01. The highest BCUT2D eigenvalue weighted by molar-refractivity contribution is 5.94. The highest BCUT2D eigenvalue weighted by Gasteiger charge is 2.26. The van der Waals surface area contributed by atoms with Gasteiger partial charge in [0.05, 0.1) is 12.3 Å². The third-order valence-electron chi connectivity index (χ3n) is 3.67. The molecule has 1 aromatic carbocycles. The number of ether oxygens (including phenoxy) is 1. The maximum Gasteiger partial charge on any atom is 0.227 e. The van der Waals surface area contributed by atoms with E-state index in [0.717, 1.165) is 43.7 Å². The van der Waals surface area contributed by atoms with E-state index < -0.39 is 0 Å². The van der Waals surface area contributed by atoms with Crippen molar-refractivity contribution in [2.45, 2.75) is 32.1 Å². The van der Waals surface area contributed by atoms with Crippen LogP contribution in [0.25, 0.3) is 0 Å². The average Bonchev–Trinajstić information content (AvgIpc) is 2.27. The fourth-order valence-corrected chi connectivity index (χ4v) is 2.39. The maximum absolute atomic E-state index is 11.9. The fourth-order valence-electron chi connectivity index (χ4n) is 2.39. The summed E-state index contributed by atoms with van der Waals surface area (Å²) in [6, 6.07) is 6.00. The van der Waals surface area contributed by atoms with Crippen LogP contribution in [0.3, 0.4) is 0 Å². The molecule has 0 spiro atoms. The Bertz CT molecular complexity index is 438. The van der Waals surface area contributed by atoms with Gasteiger partial charge in [-0.05, 0) is 37.3 Å². The van der Waals surface area contributed by atoms with Crippen LogP contribution in [0.1, 0.15) is 31.2 Å². The van der Waals surface area contributed by atoms with Gasteiger partial charge in [-0.3, -0.25) is 4.79 Å². The second-order valence-corrected chi connectivity index (χ2v) is 4.86. The summed E-state index contributed by atoms with van der Waals surface area (Å²) >= 11 is 0. The number of nitrogens with one attached hydrogen (secondary N) is 1. The molecule has 1 aromatic rings. The lowest BCUT2D eigenvalue weighted by atomic mass is 9.85. The van der Waals surface area contributed by atoms with Gasteiger partial charge in [0.2, 0.25) is 5.91 Å². The van der Waals surface area contributed by atoms with Crippen LogP contribution in [0.5, 0.6) is 5.75 Å². The Kier molecular flexibility index (Phi) is 2.75. The van der Waals surface area contributed by atoms with Gasteiger partial charge in [0.15, 0.2) is 0 Å². The Morgan fingerprint density at radius 1 is 1.29 bits per heavy atom. The zero-order chi connectivity index (χ0) is 11.7. The monoisotopic (exact) mass is 231 g/mol. The molecule has 1 fully saturated rings. The van der Waals surface area contributed by atoms with Gasteiger partial charge in [-0.15, -0.1) is 0 Å². The van der Waals surface area contributed by atoms with Gasteiger partial charge >= 0.3 is 0 Å². The first-order valence-electron chi connectivity index (χ1n) is 6.40. The molecule has 2 aliphatic rings. The molecule has 0 radical (unpaired) electrons. The van der Waals surface area contributed by atoms with Crippen LogP contribution >= 0.6 is 0 Å². The molecule has 17 heavy (non-hydrogen) atoms. The SMILES string of the molecule is O=C(Nc1cccc2c1OCCC2)C1CCC1. The Hall–Kier alpha value is -1.51. The van der Waals surface area contributed by atoms with Crippen molar-refractivity contribution in [2.24, 2.45) is 5.92 Å². The lowest BCUT2D eigenvalue weighted by Crippen LogP contribution is -2.28. The quantitative estimate of drug-likeness (QED) is 0.850. The van der Waals surface area contributed by atoms with Gasteiger partial charge in [-0.1, -0.05) is 18.6 Å². The summed E-state index contributed by atoms with van der Waals surface area (Å²) in [6.07, 6.45) is 5.35. The van der Waals surface area contributed by atoms with Crippen LogP contribution in [0, 0.1) is 5.92 Å². The van der Waals surface area contributed by atoms with E-state index in [-0.39, 0.29) is 11.8 Å². The van der Waals surface area contributed by atoms with Crippen molar-refractivity contribution in [1.82, 2.24) is 0 Å². The molecule has 1 saturated carbocycles. The van der Waals surface area contributed by atoms with Crippen molar-refractivity contribution in [3.05, 3.63) is 23.8 Å². The molecule has 1 aliphatic carbocycles. The van der Waals surface area contributed by atoms with E-state index in [2.05, 4.69) is 11.4 Å². The Labute approximate surface area is 101 Å². The predicted octanol–water partition coefficient (Wildman–Crippen LogP) is 2.75. The van der Waals surface area contributed by atoms with Crippen molar-refractivity contribution in [3.8, 4) is 5.75 Å². The Morgan fingerprint density at radius 3 is 2.94 bits per heavy atom. The van der Waals surface area contributed by atoms with E-state index in [4.69, 9.17) is 4.74 Å². The van der Waals surface area contributed by atoms with Crippen LogP contribution in [-0.2, 0) is 11.2 Å². The number of hydrogen-bond donors (Lipinski definition) is 1. The van der Waals surface area contributed by atoms with Crippen LogP contribution in [0.15, 0.2) is 18.2 Å². The van der Waals surface area contributed by atoms with Crippen LogP contribution in [0.2, 0.25) is 0 Å². The van der Waals surface area contributed by atoms with Gasteiger partial charge in [0, 0.05) is 5.92 Å². The van der Waals surface area contributed by atoms with E-state index in [0.29, 0.717) is 0 Å². The fraction of sp³-hybridized carbons (Fsp3) is 0.500. The highest BCUT2D eigenvalue weighted by atomic mass is 16.5. The molecular weight excluding hydrogens is 214 g/mol. The molecule has 0 atom stereocenters. The first-order chi connectivity index (χ1) is 8.34. The number of amides is 1. The summed E-state index contributed by atoms with van der Waals surface area (Å²) in [6.45, 7) is 0.753. The topological polar surface area (TPSA) is 38.3 Å². The van der Waals surface area contributed by atoms with Crippen molar-refractivity contribution < 1.29 is 9.53 Å². The minimum absolute atomic E-state index is 0.152. The molecule has 3 nitrogen and oxygen atoms in total. The zero-order valence-electron chi connectivity index (χ0n) is 9.87. The second-order valence-electron chi connectivity index (χ2n) is 4.86. The Balaban J connectivity index is 1.80. The van der Waals surface area contributed by atoms with Crippen molar-refractivity contribution in [2.75, 3.05) is 11.9 Å². The normalized spacial score (nSPS) is 18.8. The van der Waals surface area contributed by atoms with E-state index in [9.17, 15) is 4.79 Å². The summed E-state index contributed by atoms with van der Waals surface area (Å²) in [4.78, 5) is 11.9. The molecule has 3 heteroatoms. The van der Waals surface area contributed by atoms with E-state index >= 15 is 0 Å². The van der Waals surface area contributed by atoms with Crippen molar-refractivity contribution in [3.63, 3.8) is 0 Å². The van der Waals surface area contributed by atoms with Gasteiger partial charge < -0.3 is 10.1 Å². The molecule has 0 bridgehead atoms. The summed E-state index contributed by atoms with van der Waals surface area (Å²) in [5.41, 5.74) is 2.06. The highest BCUT2D eigenvalue weighted by Crippen LogP contribution is 2.34. The predicted molar refractivity (Wildman–Crippen MR) is 66.2 cm³/mol. The summed E-state index contributed by atoms with van der Waals surface area (Å²) in [7, 11) is 0. The molecule has 1 aliphatic heterocycles. The number of aryl methyl sites for hydroxylation is 1. The number of benzene rings is 1. The molecule has 1 amide bonds. The smallest absolute Gasteiger partial charge is 0.227 e. The van der Waals surface area contributed by atoms with E-state index in [1.165, 1.54) is 12.0 Å². The molecular formula is C14H17NO2. The van der Waals surface area contributed by atoms with Crippen molar-refractivity contribution >= 4 is 11.6 Å². The number of anilines is 1. The number of para-hydroxylation sites is 1. The average molecular weight is 231 g/mol. The lowest BCUT2D eigenvalue weighted by Gasteiger charge is -2.26. The number of carbonyl (C=O) groups excluding carboxylic acids is 1. The number of rotatable bonds is 2. The van der Waals surface area contributed by atoms with Crippen LogP contribution in [0.4, 0.5) is 5.69 Å². The largest absolute Gasteiger partial charge is 0.491 e. The minimum Gasteiger partial charge on any atom is -0.491 e. The van der Waals surface area contributed by atoms with Gasteiger partial charge in [-0.25, -0.2) is 0 Å². The Morgan fingerprint density at radius 2 is 2.18 bits per heavy atom. The van der Waals surface area contributed by atoms with Gasteiger partial charge in [0.1, 0.15) is 5.75 Å². The first kappa shape index (κ1) is 10.6. The standard InChI is InChI=1S/C14H17NO2/c16-14(11-5-1-6-11)15-12-8-2-4-10-7-3-9-17-13(10)12/h2,4,8,11H,1,3,5-7,9H2,(H,15,16). The molecule has 0 aromatic heterocycles.